The van der Waals surface area contributed by atoms with Crippen molar-refractivity contribution in [2.75, 3.05) is 20.1 Å². The molecule has 1 amide bonds. The third-order valence-electron chi connectivity index (χ3n) is 3.45. The second kappa shape index (κ2) is 7.13. The lowest BCUT2D eigenvalue weighted by Gasteiger charge is -2.31. The molecule has 1 aliphatic rings. The minimum Gasteiger partial charge on any atom is -0.339 e. The van der Waals surface area contributed by atoms with Crippen molar-refractivity contribution < 1.29 is 4.79 Å². The van der Waals surface area contributed by atoms with E-state index in [2.05, 4.69) is 11.4 Å². The number of nitrogens with one attached hydrogen (secondary N) is 1. The fourth-order valence-corrected chi connectivity index (χ4v) is 2.24. The molecule has 1 aromatic carbocycles. The third kappa shape index (κ3) is 3.69. The van der Waals surface area contributed by atoms with E-state index in [-0.39, 0.29) is 18.3 Å². The van der Waals surface area contributed by atoms with E-state index in [1.165, 1.54) is 0 Å². The number of hydrogen-bond donors (Lipinski definition) is 1. The van der Waals surface area contributed by atoms with Gasteiger partial charge in [0.25, 0.3) is 5.91 Å². The molecule has 0 radical (unpaired) electrons. The van der Waals surface area contributed by atoms with Crippen LogP contribution in [0, 0.1) is 11.3 Å². The van der Waals surface area contributed by atoms with Gasteiger partial charge in [-0.25, -0.2) is 0 Å². The lowest BCUT2D eigenvalue weighted by atomic mass is 10.0. The number of halogens is 1. The van der Waals surface area contributed by atoms with Crippen LogP contribution in [0.3, 0.4) is 0 Å². The maximum absolute atomic E-state index is 12.2. The molecule has 0 unspecified atom stereocenters. The van der Waals surface area contributed by atoms with Crippen LogP contribution in [0.5, 0.6) is 0 Å². The van der Waals surface area contributed by atoms with Gasteiger partial charge in [0, 0.05) is 24.7 Å². The average molecular weight is 280 g/mol. The van der Waals surface area contributed by atoms with Crippen LogP contribution in [-0.2, 0) is 0 Å². The molecule has 1 saturated heterocycles. The molecule has 1 aromatic rings. The zero-order chi connectivity index (χ0) is 13.0. The van der Waals surface area contributed by atoms with E-state index in [0.29, 0.717) is 17.2 Å². The summed E-state index contributed by atoms with van der Waals surface area (Å²) >= 11 is 0. The standard InChI is InChI=1S/C14H17N3O.ClH/c1-16-13-6-8-17(9-7-13)14(18)12-4-2-11(10-15)3-5-12;/h2-5,13,16H,6-9H2,1H3;1H. The highest BCUT2D eigenvalue weighted by atomic mass is 35.5. The Balaban J connectivity index is 0.00000180. The summed E-state index contributed by atoms with van der Waals surface area (Å²) in [4.78, 5) is 14.1. The molecule has 1 aliphatic heterocycles. The summed E-state index contributed by atoms with van der Waals surface area (Å²) in [6.45, 7) is 1.59. The van der Waals surface area contributed by atoms with Gasteiger partial charge in [-0.3, -0.25) is 4.79 Å². The Morgan fingerprint density at radius 3 is 2.37 bits per heavy atom. The summed E-state index contributed by atoms with van der Waals surface area (Å²) in [5, 5.41) is 12.0. The molecule has 1 fully saturated rings. The number of rotatable bonds is 2. The lowest BCUT2D eigenvalue weighted by molar-refractivity contribution is 0.0707. The summed E-state index contributed by atoms with van der Waals surface area (Å²) in [6.07, 6.45) is 2.00. The number of carbonyl (C=O) groups excluding carboxylic acids is 1. The Bertz CT molecular complexity index is 459. The van der Waals surface area contributed by atoms with Crippen LogP contribution in [0.4, 0.5) is 0 Å². The largest absolute Gasteiger partial charge is 0.339 e. The Labute approximate surface area is 119 Å². The van der Waals surface area contributed by atoms with E-state index in [9.17, 15) is 4.79 Å². The van der Waals surface area contributed by atoms with Gasteiger partial charge in [-0.2, -0.15) is 5.26 Å². The third-order valence-corrected chi connectivity index (χ3v) is 3.45. The van der Waals surface area contributed by atoms with Gasteiger partial charge in [0.15, 0.2) is 0 Å². The molecule has 0 aromatic heterocycles. The molecular formula is C14H18ClN3O. The van der Waals surface area contributed by atoms with E-state index >= 15 is 0 Å². The summed E-state index contributed by atoms with van der Waals surface area (Å²) in [5.74, 6) is 0.0639. The first-order valence-corrected chi connectivity index (χ1v) is 6.21. The van der Waals surface area contributed by atoms with Crippen molar-refractivity contribution in [3.05, 3.63) is 35.4 Å². The van der Waals surface area contributed by atoms with E-state index in [1.54, 1.807) is 24.3 Å². The lowest BCUT2D eigenvalue weighted by Crippen LogP contribution is -2.43. The van der Waals surface area contributed by atoms with E-state index < -0.39 is 0 Å². The minimum absolute atomic E-state index is 0. The number of hydrogen-bond acceptors (Lipinski definition) is 3. The molecule has 2 rings (SSSR count). The first kappa shape index (κ1) is 15.5. The number of nitriles is 1. The summed E-state index contributed by atoms with van der Waals surface area (Å²) in [5.41, 5.74) is 1.25. The first-order chi connectivity index (χ1) is 8.74. The summed E-state index contributed by atoms with van der Waals surface area (Å²) < 4.78 is 0. The van der Waals surface area contributed by atoms with Gasteiger partial charge in [0.2, 0.25) is 0 Å². The van der Waals surface area contributed by atoms with Crippen LogP contribution in [0.1, 0.15) is 28.8 Å². The second-order valence-corrected chi connectivity index (χ2v) is 4.54. The van der Waals surface area contributed by atoms with Gasteiger partial charge >= 0.3 is 0 Å². The number of amides is 1. The summed E-state index contributed by atoms with van der Waals surface area (Å²) in [6, 6.07) is 9.41. The van der Waals surface area contributed by atoms with Gasteiger partial charge in [0.1, 0.15) is 0 Å². The minimum atomic E-state index is 0. The highest BCUT2D eigenvalue weighted by Gasteiger charge is 2.22. The highest BCUT2D eigenvalue weighted by molar-refractivity contribution is 5.94. The van der Waals surface area contributed by atoms with Crippen LogP contribution in [0.15, 0.2) is 24.3 Å². The number of benzene rings is 1. The van der Waals surface area contributed by atoms with Crippen LogP contribution in [-0.4, -0.2) is 37.0 Å². The van der Waals surface area contributed by atoms with Crippen molar-refractivity contribution in [2.24, 2.45) is 0 Å². The zero-order valence-electron chi connectivity index (χ0n) is 10.9. The fourth-order valence-electron chi connectivity index (χ4n) is 2.24. The maximum Gasteiger partial charge on any atom is 0.253 e. The molecule has 0 bridgehead atoms. The van der Waals surface area contributed by atoms with Crippen molar-refractivity contribution in [1.29, 1.82) is 5.26 Å². The van der Waals surface area contributed by atoms with Crippen LogP contribution >= 0.6 is 12.4 Å². The zero-order valence-corrected chi connectivity index (χ0v) is 11.7. The van der Waals surface area contributed by atoms with E-state index in [1.807, 2.05) is 11.9 Å². The molecule has 1 N–H and O–H groups in total. The topological polar surface area (TPSA) is 56.1 Å². The SMILES string of the molecule is CNC1CCN(C(=O)c2ccc(C#N)cc2)CC1.Cl. The Morgan fingerprint density at radius 1 is 1.32 bits per heavy atom. The molecule has 0 spiro atoms. The van der Waals surface area contributed by atoms with Gasteiger partial charge < -0.3 is 10.2 Å². The molecule has 1 heterocycles. The smallest absolute Gasteiger partial charge is 0.253 e. The molecule has 4 nitrogen and oxygen atoms in total. The molecule has 19 heavy (non-hydrogen) atoms. The van der Waals surface area contributed by atoms with Crippen molar-refractivity contribution >= 4 is 18.3 Å². The summed E-state index contributed by atoms with van der Waals surface area (Å²) in [7, 11) is 1.96. The Kier molecular flexibility index (Phi) is 5.81. The number of carbonyl (C=O) groups is 1. The Morgan fingerprint density at radius 2 is 1.89 bits per heavy atom. The van der Waals surface area contributed by atoms with Crippen LogP contribution < -0.4 is 5.32 Å². The average Bonchev–Trinajstić information content (AvgIpc) is 2.47. The van der Waals surface area contributed by atoms with Crippen molar-refractivity contribution in [3.8, 4) is 6.07 Å². The monoisotopic (exact) mass is 279 g/mol. The first-order valence-electron chi connectivity index (χ1n) is 6.21. The van der Waals surface area contributed by atoms with Crippen LogP contribution in [0.2, 0.25) is 0 Å². The van der Waals surface area contributed by atoms with Gasteiger partial charge in [-0.15, -0.1) is 12.4 Å². The molecule has 5 heteroatoms. The second-order valence-electron chi connectivity index (χ2n) is 4.54. The van der Waals surface area contributed by atoms with Gasteiger partial charge in [-0.05, 0) is 44.2 Å². The predicted molar refractivity (Wildman–Crippen MR) is 76.4 cm³/mol. The number of likely N-dealkylation sites (tertiary alicyclic amines) is 1. The quantitative estimate of drug-likeness (QED) is 0.898. The van der Waals surface area contributed by atoms with Crippen molar-refractivity contribution in [1.82, 2.24) is 10.2 Å². The molecular weight excluding hydrogens is 262 g/mol. The van der Waals surface area contributed by atoms with Crippen molar-refractivity contribution in [3.63, 3.8) is 0 Å². The van der Waals surface area contributed by atoms with Crippen LogP contribution in [0.25, 0.3) is 0 Å². The highest BCUT2D eigenvalue weighted by Crippen LogP contribution is 2.14. The van der Waals surface area contributed by atoms with E-state index in [4.69, 9.17) is 5.26 Å². The normalized spacial score (nSPS) is 15.5. The molecule has 0 aliphatic carbocycles. The number of nitrogens with zero attached hydrogens (tertiary/aromatic N) is 2. The van der Waals surface area contributed by atoms with Gasteiger partial charge in [-0.1, -0.05) is 0 Å². The maximum atomic E-state index is 12.2. The van der Waals surface area contributed by atoms with Crippen molar-refractivity contribution in [2.45, 2.75) is 18.9 Å². The molecule has 102 valence electrons. The molecule has 0 atom stereocenters. The fraction of sp³-hybridized carbons (Fsp3) is 0.429. The van der Waals surface area contributed by atoms with Gasteiger partial charge in [0.05, 0.1) is 11.6 Å². The van der Waals surface area contributed by atoms with E-state index in [0.717, 1.165) is 25.9 Å². The predicted octanol–water partition coefficient (Wildman–Crippen LogP) is 1.80. The Hall–Kier alpha value is -1.57. The molecule has 0 saturated carbocycles. The number of piperidine rings is 1.